The van der Waals surface area contributed by atoms with E-state index in [4.69, 9.17) is 4.74 Å². The van der Waals surface area contributed by atoms with Crippen molar-refractivity contribution in [3.8, 4) is 0 Å². The molecule has 0 N–H and O–H groups in total. The predicted octanol–water partition coefficient (Wildman–Crippen LogP) is 14.0. The molecule has 0 heterocycles. The van der Waals surface area contributed by atoms with E-state index >= 15 is 0 Å². The molecule has 274 valence electrons. The van der Waals surface area contributed by atoms with Crippen LogP contribution in [-0.2, 0) is 9.53 Å². The van der Waals surface area contributed by atoms with Gasteiger partial charge in [0.1, 0.15) is 6.10 Å². The lowest BCUT2D eigenvalue weighted by molar-refractivity contribution is -0.150. The minimum absolute atomic E-state index is 0.00686. The van der Waals surface area contributed by atoms with Crippen molar-refractivity contribution in [3.63, 3.8) is 0 Å². The number of esters is 1. The molecule has 1 atom stereocenters. The van der Waals surface area contributed by atoms with E-state index in [1.807, 2.05) is 0 Å². The SMILES string of the molecule is CCCCCC=CCC=CCCCCCCCCC(CCCCCCCCC=CCC=CCCCCCC)OC(=O)CCCN(C)C. The number of unbranched alkanes of at least 4 members (excludes halogenated alkanes) is 19. The lowest BCUT2D eigenvalue weighted by atomic mass is 10.0. The zero-order valence-corrected chi connectivity index (χ0v) is 32.2. The first kappa shape index (κ1) is 45.4. The fourth-order valence-corrected chi connectivity index (χ4v) is 5.94. The molecular weight excluding hydrogens is 574 g/mol. The molecule has 0 spiro atoms. The molecule has 0 aromatic heterocycles. The van der Waals surface area contributed by atoms with Crippen molar-refractivity contribution in [2.45, 2.75) is 206 Å². The van der Waals surface area contributed by atoms with Gasteiger partial charge in [-0.1, -0.05) is 146 Å². The first-order valence-electron chi connectivity index (χ1n) is 20.5. The molecule has 47 heavy (non-hydrogen) atoms. The Kier molecular flexibility index (Phi) is 37.5. The maximum Gasteiger partial charge on any atom is 0.306 e. The Morgan fingerprint density at radius 3 is 1.28 bits per heavy atom. The molecule has 1 unspecified atom stereocenters. The van der Waals surface area contributed by atoms with Gasteiger partial charge in [-0.25, -0.2) is 0 Å². The van der Waals surface area contributed by atoms with Crippen LogP contribution in [0.15, 0.2) is 48.6 Å². The normalized spacial score (nSPS) is 13.0. The summed E-state index contributed by atoms with van der Waals surface area (Å²) in [7, 11) is 4.12. The number of allylic oxidation sites excluding steroid dienone is 8. The van der Waals surface area contributed by atoms with Gasteiger partial charge in [0.15, 0.2) is 0 Å². The zero-order chi connectivity index (χ0) is 34.3. The number of rotatable bonds is 36. The molecule has 0 saturated heterocycles. The Labute approximate surface area is 295 Å². The molecule has 0 aromatic rings. The Bertz CT molecular complexity index is 750. The molecule has 0 aliphatic carbocycles. The van der Waals surface area contributed by atoms with E-state index in [1.165, 1.54) is 148 Å². The van der Waals surface area contributed by atoms with Gasteiger partial charge in [0.05, 0.1) is 0 Å². The molecule has 0 fully saturated rings. The van der Waals surface area contributed by atoms with Crippen molar-refractivity contribution in [3.05, 3.63) is 48.6 Å². The highest BCUT2D eigenvalue weighted by Gasteiger charge is 2.14. The van der Waals surface area contributed by atoms with Crippen LogP contribution in [0.25, 0.3) is 0 Å². The maximum atomic E-state index is 12.5. The van der Waals surface area contributed by atoms with E-state index in [-0.39, 0.29) is 12.1 Å². The summed E-state index contributed by atoms with van der Waals surface area (Å²) in [6, 6.07) is 0. The van der Waals surface area contributed by atoms with Crippen LogP contribution < -0.4 is 0 Å². The van der Waals surface area contributed by atoms with Crippen LogP contribution in [0.3, 0.4) is 0 Å². The average molecular weight is 656 g/mol. The van der Waals surface area contributed by atoms with Crippen LogP contribution >= 0.6 is 0 Å². The van der Waals surface area contributed by atoms with Crippen LogP contribution in [0.1, 0.15) is 200 Å². The molecule has 0 aromatic carbocycles. The van der Waals surface area contributed by atoms with Crippen molar-refractivity contribution >= 4 is 5.97 Å². The third-order valence-corrected chi connectivity index (χ3v) is 8.99. The zero-order valence-electron chi connectivity index (χ0n) is 32.2. The summed E-state index contributed by atoms with van der Waals surface area (Å²) in [5.74, 6) is 0.00686. The smallest absolute Gasteiger partial charge is 0.306 e. The number of carbonyl (C=O) groups is 1. The Balaban J connectivity index is 4.01. The largest absolute Gasteiger partial charge is 0.462 e. The van der Waals surface area contributed by atoms with E-state index in [1.54, 1.807) is 0 Å². The Hall–Kier alpha value is -1.61. The third-order valence-electron chi connectivity index (χ3n) is 8.99. The molecule has 0 bridgehead atoms. The average Bonchev–Trinajstić information content (AvgIpc) is 3.05. The predicted molar refractivity (Wildman–Crippen MR) is 210 cm³/mol. The van der Waals surface area contributed by atoms with E-state index in [0.29, 0.717) is 6.42 Å². The van der Waals surface area contributed by atoms with E-state index < -0.39 is 0 Å². The fraction of sp³-hybridized carbons (Fsp3) is 0.795. The van der Waals surface area contributed by atoms with Gasteiger partial charge in [-0.05, 0) is 117 Å². The summed E-state index contributed by atoms with van der Waals surface area (Å²) < 4.78 is 6.00. The number of carbonyl (C=O) groups excluding carboxylic acids is 1. The van der Waals surface area contributed by atoms with Gasteiger partial charge in [-0.3, -0.25) is 4.79 Å². The van der Waals surface area contributed by atoms with Gasteiger partial charge in [0.2, 0.25) is 0 Å². The topological polar surface area (TPSA) is 29.5 Å². The number of ether oxygens (including phenoxy) is 1. The second-order valence-corrected chi connectivity index (χ2v) is 14.1. The van der Waals surface area contributed by atoms with E-state index in [9.17, 15) is 4.79 Å². The standard InChI is InChI=1S/C44H81NO2/c1-5-7-9-11-13-15-17-19-21-23-25-27-29-31-33-35-37-40-43(47-44(46)41-38-42-45(3)4)39-36-34-32-30-28-26-24-22-20-18-16-14-12-10-8-6-2/h14-17,20-23,43H,5-13,18-19,24-42H2,1-4H3. The summed E-state index contributed by atoms with van der Waals surface area (Å²) in [5, 5.41) is 0. The second-order valence-electron chi connectivity index (χ2n) is 14.1. The molecule has 3 nitrogen and oxygen atoms in total. The maximum absolute atomic E-state index is 12.5. The first-order chi connectivity index (χ1) is 23.1. The minimum Gasteiger partial charge on any atom is -0.462 e. The van der Waals surface area contributed by atoms with Crippen molar-refractivity contribution in [1.29, 1.82) is 0 Å². The van der Waals surface area contributed by atoms with Crippen LogP contribution in [0.4, 0.5) is 0 Å². The second kappa shape index (κ2) is 38.8. The molecule has 0 radical (unpaired) electrons. The monoisotopic (exact) mass is 656 g/mol. The van der Waals surface area contributed by atoms with Gasteiger partial charge in [0.25, 0.3) is 0 Å². The van der Waals surface area contributed by atoms with E-state index in [0.717, 1.165) is 38.6 Å². The summed E-state index contributed by atoms with van der Waals surface area (Å²) in [6.45, 7) is 5.47. The fourth-order valence-electron chi connectivity index (χ4n) is 5.94. The highest BCUT2D eigenvalue weighted by molar-refractivity contribution is 5.69. The Morgan fingerprint density at radius 1 is 0.489 bits per heavy atom. The van der Waals surface area contributed by atoms with Gasteiger partial charge < -0.3 is 9.64 Å². The lowest BCUT2D eigenvalue weighted by Gasteiger charge is -2.18. The molecule has 3 heteroatoms. The van der Waals surface area contributed by atoms with Crippen LogP contribution in [0, 0.1) is 0 Å². The van der Waals surface area contributed by atoms with Crippen LogP contribution in [-0.4, -0.2) is 37.6 Å². The summed E-state index contributed by atoms with van der Waals surface area (Å²) in [6.07, 6.45) is 54.2. The molecule has 0 aliphatic heterocycles. The van der Waals surface area contributed by atoms with E-state index in [2.05, 4.69) is 81.5 Å². The van der Waals surface area contributed by atoms with Crippen molar-refractivity contribution < 1.29 is 9.53 Å². The van der Waals surface area contributed by atoms with Crippen molar-refractivity contribution in [1.82, 2.24) is 4.90 Å². The first-order valence-corrected chi connectivity index (χ1v) is 20.5. The van der Waals surface area contributed by atoms with Crippen LogP contribution in [0.2, 0.25) is 0 Å². The van der Waals surface area contributed by atoms with Gasteiger partial charge in [0, 0.05) is 6.42 Å². The lowest BCUT2D eigenvalue weighted by Crippen LogP contribution is -2.20. The summed E-state index contributed by atoms with van der Waals surface area (Å²) >= 11 is 0. The van der Waals surface area contributed by atoms with Gasteiger partial charge >= 0.3 is 5.97 Å². The highest BCUT2D eigenvalue weighted by atomic mass is 16.5. The van der Waals surface area contributed by atoms with Crippen molar-refractivity contribution in [2.75, 3.05) is 20.6 Å². The number of nitrogens with zero attached hydrogens (tertiary/aromatic N) is 1. The molecule has 0 rings (SSSR count). The van der Waals surface area contributed by atoms with Gasteiger partial charge in [-0.15, -0.1) is 0 Å². The number of hydrogen-bond acceptors (Lipinski definition) is 3. The summed E-state index contributed by atoms with van der Waals surface area (Å²) in [4.78, 5) is 14.7. The van der Waals surface area contributed by atoms with Crippen LogP contribution in [0.5, 0.6) is 0 Å². The van der Waals surface area contributed by atoms with Gasteiger partial charge in [-0.2, -0.15) is 0 Å². The molecule has 0 amide bonds. The molecule has 0 saturated carbocycles. The highest BCUT2D eigenvalue weighted by Crippen LogP contribution is 2.18. The number of hydrogen-bond donors (Lipinski definition) is 0. The summed E-state index contributed by atoms with van der Waals surface area (Å²) in [5.41, 5.74) is 0. The van der Waals surface area contributed by atoms with Crippen molar-refractivity contribution in [2.24, 2.45) is 0 Å². The quantitative estimate of drug-likeness (QED) is 0.0382. The third kappa shape index (κ3) is 38.7. The molecule has 0 aliphatic rings. The minimum atomic E-state index is 0.00686. The Morgan fingerprint density at radius 2 is 0.851 bits per heavy atom. The molecular formula is C44H81NO2.